The van der Waals surface area contributed by atoms with Crippen LogP contribution in [0.15, 0.2) is 29.0 Å². The minimum absolute atomic E-state index is 0.539. The average Bonchev–Trinajstić information content (AvgIpc) is 3.03. The average molecular weight is 309 g/mol. The molecule has 2 aromatic heterocycles. The summed E-state index contributed by atoms with van der Waals surface area (Å²) in [5, 5.41) is 8.10. The molecule has 0 saturated heterocycles. The van der Waals surface area contributed by atoms with Crippen molar-refractivity contribution in [2.24, 2.45) is 5.92 Å². The third-order valence-electron chi connectivity index (χ3n) is 3.36. The first kappa shape index (κ1) is 15.7. The molecule has 2 rings (SSSR count). The number of rotatable bonds is 7. The van der Waals surface area contributed by atoms with Crippen LogP contribution in [0.25, 0.3) is 10.4 Å². The van der Waals surface area contributed by atoms with Crippen LogP contribution in [0.1, 0.15) is 18.7 Å². The van der Waals surface area contributed by atoms with Gasteiger partial charge in [0, 0.05) is 34.4 Å². The van der Waals surface area contributed by atoms with Crippen molar-refractivity contribution >= 4 is 22.7 Å². The van der Waals surface area contributed by atoms with E-state index in [4.69, 9.17) is 0 Å². The van der Waals surface area contributed by atoms with Crippen LogP contribution >= 0.6 is 22.7 Å². The Labute approximate surface area is 130 Å². The van der Waals surface area contributed by atoms with Gasteiger partial charge in [-0.05, 0) is 42.9 Å². The Morgan fingerprint density at radius 3 is 2.65 bits per heavy atom. The molecule has 1 N–H and O–H groups in total. The molecule has 0 fully saturated rings. The molecular weight excluding hydrogens is 284 g/mol. The minimum Gasteiger partial charge on any atom is -0.308 e. The first-order valence-electron chi connectivity index (χ1n) is 7.05. The van der Waals surface area contributed by atoms with E-state index < -0.39 is 0 Å². The summed E-state index contributed by atoms with van der Waals surface area (Å²) in [5.41, 5.74) is 1.36. The molecule has 0 bridgehead atoms. The molecule has 0 saturated carbocycles. The van der Waals surface area contributed by atoms with Crippen LogP contribution in [0.5, 0.6) is 0 Å². The lowest BCUT2D eigenvalue weighted by molar-refractivity contribution is 0.288. The van der Waals surface area contributed by atoms with Crippen molar-refractivity contribution in [1.82, 2.24) is 10.2 Å². The lowest BCUT2D eigenvalue weighted by atomic mass is 10.0. The van der Waals surface area contributed by atoms with Crippen molar-refractivity contribution < 1.29 is 0 Å². The van der Waals surface area contributed by atoms with Gasteiger partial charge in [-0.1, -0.05) is 19.9 Å². The Hall–Kier alpha value is -0.680. The maximum atomic E-state index is 3.70. The van der Waals surface area contributed by atoms with Gasteiger partial charge in [0.05, 0.1) is 0 Å². The summed E-state index contributed by atoms with van der Waals surface area (Å²) < 4.78 is 0. The highest BCUT2D eigenvalue weighted by Crippen LogP contribution is 2.29. The van der Waals surface area contributed by atoms with E-state index in [0.717, 1.165) is 13.1 Å². The molecule has 0 aromatic carbocycles. The Morgan fingerprint density at radius 2 is 2.05 bits per heavy atom. The van der Waals surface area contributed by atoms with Crippen molar-refractivity contribution in [3.8, 4) is 10.4 Å². The van der Waals surface area contributed by atoms with Crippen molar-refractivity contribution in [3.63, 3.8) is 0 Å². The zero-order valence-corrected chi connectivity index (χ0v) is 14.4. The summed E-state index contributed by atoms with van der Waals surface area (Å²) in [6.07, 6.45) is 0. The molecule has 2 aromatic rings. The van der Waals surface area contributed by atoms with Crippen LogP contribution in [0, 0.1) is 5.92 Å². The van der Waals surface area contributed by atoms with E-state index in [1.165, 1.54) is 15.3 Å². The normalized spacial score (nSPS) is 13.3. The van der Waals surface area contributed by atoms with Crippen LogP contribution in [0.4, 0.5) is 0 Å². The van der Waals surface area contributed by atoms with Crippen molar-refractivity contribution in [3.05, 3.63) is 33.8 Å². The molecular formula is C16H24N2S2. The third-order valence-corrected chi connectivity index (χ3v) is 5.22. The Balaban J connectivity index is 1.93. The molecule has 0 aliphatic heterocycles. The molecule has 0 aliphatic rings. The van der Waals surface area contributed by atoms with Crippen LogP contribution in [-0.2, 0) is 6.54 Å². The van der Waals surface area contributed by atoms with E-state index in [1.807, 2.05) is 11.3 Å². The van der Waals surface area contributed by atoms with Gasteiger partial charge in [0.25, 0.3) is 0 Å². The highest BCUT2D eigenvalue weighted by Gasteiger charge is 2.14. The van der Waals surface area contributed by atoms with Crippen molar-refractivity contribution in [2.75, 3.05) is 20.6 Å². The van der Waals surface area contributed by atoms with Gasteiger partial charge in [0.2, 0.25) is 0 Å². The van der Waals surface area contributed by atoms with Gasteiger partial charge in [0.1, 0.15) is 0 Å². The van der Waals surface area contributed by atoms with E-state index in [9.17, 15) is 0 Å². The lowest BCUT2D eigenvalue weighted by Crippen LogP contribution is -2.41. The fourth-order valence-electron chi connectivity index (χ4n) is 2.18. The van der Waals surface area contributed by atoms with Gasteiger partial charge in [-0.2, -0.15) is 0 Å². The number of likely N-dealkylation sites (N-methyl/N-ethyl adjacent to an activating group) is 1. The number of nitrogens with zero attached hydrogens (tertiary/aromatic N) is 1. The summed E-state index contributed by atoms with van der Waals surface area (Å²) in [6, 6.07) is 7.16. The molecule has 2 heterocycles. The van der Waals surface area contributed by atoms with Crippen LogP contribution in [-0.4, -0.2) is 31.6 Å². The highest BCUT2D eigenvalue weighted by atomic mass is 32.1. The predicted octanol–water partition coefficient (Wildman–Crippen LogP) is 4.15. The first-order chi connectivity index (χ1) is 9.56. The summed E-state index contributed by atoms with van der Waals surface area (Å²) >= 11 is 3.66. The predicted molar refractivity (Wildman–Crippen MR) is 91.7 cm³/mol. The van der Waals surface area contributed by atoms with Gasteiger partial charge >= 0.3 is 0 Å². The maximum Gasteiger partial charge on any atom is 0.0351 e. The van der Waals surface area contributed by atoms with E-state index in [1.54, 1.807) is 11.3 Å². The quantitative estimate of drug-likeness (QED) is 0.826. The largest absolute Gasteiger partial charge is 0.308 e. The molecule has 0 spiro atoms. The minimum atomic E-state index is 0.539. The van der Waals surface area contributed by atoms with Gasteiger partial charge in [-0.25, -0.2) is 0 Å². The fourth-order valence-corrected chi connectivity index (χ4v) is 3.81. The fraction of sp³-hybridized carbons (Fsp3) is 0.500. The number of hydrogen-bond acceptors (Lipinski definition) is 4. The lowest BCUT2D eigenvalue weighted by Gasteiger charge is -2.25. The third kappa shape index (κ3) is 4.42. The zero-order chi connectivity index (χ0) is 14.5. The topological polar surface area (TPSA) is 15.3 Å². The number of nitrogens with one attached hydrogen (secondary N) is 1. The molecule has 1 atom stereocenters. The Morgan fingerprint density at radius 1 is 1.25 bits per heavy atom. The summed E-state index contributed by atoms with van der Waals surface area (Å²) in [4.78, 5) is 5.03. The van der Waals surface area contributed by atoms with Crippen molar-refractivity contribution in [2.45, 2.75) is 26.4 Å². The van der Waals surface area contributed by atoms with Gasteiger partial charge in [-0.3, -0.25) is 0 Å². The van der Waals surface area contributed by atoms with E-state index >= 15 is 0 Å². The Bertz CT molecular complexity index is 500. The standard InChI is InChI=1S/C16H24N2S2/c1-12(2)15(10-18(3)4)17-9-14-8-13(11-20-14)16-6-5-7-19-16/h5-8,11-12,15,17H,9-10H2,1-4H3. The van der Waals surface area contributed by atoms with Crippen LogP contribution < -0.4 is 5.32 Å². The molecule has 0 radical (unpaired) electrons. The zero-order valence-electron chi connectivity index (χ0n) is 12.7. The molecule has 20 heavy (non-hydrogen) atoms. The maximum absolute atomic E-state index is 3.70. The van der Waals surface area contributed by atoms with Gasteiger partial charge in [0.15, 0.2) is 0 Å². The number of thiophene rings is 2. The Kier molecular flexibility index (Phi) is 5.78. The second-order valence-corrected chi connectivity index (χ2v) is 7.72. The summed E-state index contributed by atoms with van der Waals surface area (Å²) in [5.74, 6) is 0.647. The molecule has 0 amide bonds. The molecule has 4 heteroatoms. The van der Waals surface area contributed by atoms with Crippen LogP contribution in [0.3, 0.4) is 0 Å². The van der Waals surface area contributed by atoms with Crippen molar-refractivity contribution in [1.29, 1.82) is 0 Å². The second kappa shape index (κ2) is 7.36. The first-order valence-corrected chi connectivity index (χ1v) is 8.81. The molecule has 2 nitrogen and oxygen atoms in total. The number of hydrogen-bond donors (Lipinski definition) is 1. The van der Waals surface area contributed by atoms with Crippen LogP contribution in [0.2, 0.25) is 0 Å². The SMILES string of the molecule is CC(C)C(CN(C)C)NCc1cc(-c2cccs2)cs1. The highest BCUT2D eigenvalue weighted by molar-refractivity contribution is 7.14. The van der Waals surface area contributed by atoms with Gasteiger partial charge in [-0.15, -0.1) is 22.7 Å². The van der Waals surface area contributed by atoms with E-state index in [0.29, 0.717) is 12.0 Å². The molecule has 110 valence electrons. The smallest absolute Gasteiger partial charge is 0.0351 e. The monoisotopic (exact) mass is 308 g/mol. The summed E-state index contributed by atoms with van der Waals surface area (Å²) in [7, 11) is 4.27. The van der Waals surface area contributed by atoms with E-state index in [2.05, 4.69) is 67.1 Å². The molecule has 0 aliphatic carbocycles. The summed E-state index contributed by atoms with van der Waals surface area (Å²) in [6.45, 7) is 6.62. The van der Waals surface area contributed by atoms with Gasteiger partial charge < -0.3 is 10.2 Å². The van der Waals surface area contributed by atoms with E-state index in [-0.39, 0.29) is 0 Å². The second-order valence-electron chi connectivity index (χ2n) is 5.77. The molecule has 1 unspecified atom stereocenters.